The van der Waals surface area contributed by atoms with E-state index in [9.17, 15) is 10.1 Å². The second-order valence-corrected chi connectivity index (χ2v) is 9.17. The molecule has 2 saturated heterocycles. The predicted octanol–water partition coefficient (Wildman–Crippen LogP) is 5.12. The number of nitro benzene ring substituents is 1. The van der Waals surface area contributed by atoms with Crippen LogP contribution in [0, 0.1) is 10.1 Å². The van der Waals surface area contributed by atoms with Crippen molar-refractivity contribution < 1.29 is 14.4 Å². The lowest BCUT2D eigenvalue weighted by molar-refractivity contribution is -0.384. The van der Waals surface area contributed by atoms with E-state index in [1.807, 2.05) is 6.07 Å². The molecule has 2 aromatic carbocycles. The molecule has 0 unspecified atom stereocenters. The van der Waals surface area contributed by atoms with E-state index in [1.54, 1.807) is 18.2 Å². The molecular formula is C24H32Cl2N4O4. The summed E-state index contributed by atoms with van der Waals surface area (Å²) in [4.78, 5) is 14.8. The van der Waals surface area contributed by atoms with Crippen molar-refractivity contribution in [2.24, 2.45) is 0 Å². The summed E-state index contributed by atoms with van der Waals surface area (Å²) in [6.07, 6.45) is 5.11. The first-order valence-electron chi connectivity index (χ1n) is 11.6. The SMILES string of the molecule is Nc1ccc(OCCN2CCCC2)c(Cl)c1.O=[N+]([O-])c1ccc(OCCN2CCCC2)c(Cl)c1. The number of nitrogens with zero attached hydrogens (tertiary/aromatic N) is 3. The molecular weight excluding hydrogens is 479 g/mol. The number of benzene rings is 2. The predicted molar refractivity (Wildman–Crippen MR) is 136 cm³/mol. The van der Waals surface area contributed by atoms with Gasteiger partial charge in [0.15, 0.2) is 0 Å². The van der Waals surface area contributed by atoms with E-state index in [0.29, 0.717) is 29.7 Å². The van der Waals surface area contributed by atoms with E-state index in [1.165, 1.54) is 50.9 Å². The number of likely N-dealkylation sites (tertiary alicyclic amines) is 2. The van der Waals surface area contributed by atoms with Gasteiger partial charge >= 0.3 is 0 Å². The van der Waals surface area contributed by atoms with Crippen LogP contribution < -0.4 is 15.2 Å². The summed E-state index contributed by atoms with van der Waals surface area (Å²) in [6, 6.07) is 9.60. The summed E-state index contributed by atoms with van der Waals surface area (Å²) in [5.74, 6) is 1.22. The third kappa shape index (κ3) is 8.51. The van der Waals surface area contributed by atoms with E-state index < -0.39 is 4.92 Å². The minimum Gasteiger partial charge on any atom is -0.491 e. The van der Waals surface area contributed by atoms with E-state index in [0.717, 1.165) is 31.9 Å². The molecule has 2 aliphatic heterocycles. The molecule has 2 aliphatic rings. The van der Waals surface area contributed by atoms with Crippen LogP contribution in [0.5, 0.6) is 11.5 Å². The second-order valence-electron chi connectivity index (χ2n) is 8.36. The van der Waals surface area contributed by atoms with Crippen molar-refractivity contribution in [2.75, 3.05) is 58.2 Å². The van der Waals surface area contributed by atoms with Gasteiger partial charge in [-0.1, -0.05) is 23.2 Å². The minimum atomic E-state index is -0.472. The average molecular weight is 511 g/mol. The van der Waals surface area contributed by atoms with Gasteiger partial charge in [-0.3, -0.25) is 19.9 Å². The van der Waals surface area contributed by atoms with Gasteiger partial charge in [0.1, 0.15) is 24.7 Å². The second kappa shape index (κ2) is 13.6. The maximum absolute atomic E-state index is 10.6. The average Bonchev–Trinajstić information content (AvgIpc) is 3.51. The number of hydrogen-bond acceptors (Lipinski definition) is 7. The number of nitro groups is 1. The zero-order valence-electron chi connectivity index (χ0n) is 19.3. The summed E-state index contributed by atoms with van der Waals surface area (Å²) in [5.41, 5.74) is 6.25. The smallest absolute Gasteiger partial charge is 0.271 e. The molecule has 0 saturated carbocycles. The normalized spacial score (nSPS) is 16.2. The molecule has 0 amide bonds. The van der Waals surface area contributed by atoms with E-state index >= 15 is 0 Å². The Morgan fingerprint density at radius 1 is 0.824 bits per heavy atom. The molecule has 0 bridgehead atoms. The van der Waals surface area contributed by atoms with Gasteiger partial charge in [0, 0.05) is 30.9 Å². The van der Waals surface area contributed by atoms with Crippen LogP contribution in [0.15, 0.2) is 36.4 Å². The molecule has 2 N–H and O–H groups in total. The first-order chi connectivity index (χ1) is 16.4. The molecule has 0 radical (unpaired) electrons. The molecule has 10 heteroatoms. The quantitative estimate of drug-likeness (QED) is 0.284. The molecule has 2 aromatic rings. The van der Waals surface area contributed by atoms with Crippen molar-refractivity contribution in [3.05, 3.63) is 56.6 Å². The Morgan fingerprint density at radius 2 is 1.29 bits per heavy atom. The fourth-order valence-electron chi connectivity index (χ4n) is 3.94. The molecule has 0 aromatic heterocycles. The van der Waals surface area contributed by atoms with Gasteiger partial charge in [-0.25, -0.2) is 0 Å². The number of nitrogen functional groups attached to an aromatic ring is 1. The minimum absolute atomic E-state index is 0.0214. The molecule has 8 nitrogen and oxygen atoms in total. The topological polar surface area (TPSA) is 94.1 Å². The Morgan fingerprint density at radius 3 is 1.74 bits per heavy atom. The van der Waals surface area contributed by atoms with Gasteiger partial charge in [0.05, 0.1) is 15.0 Å². The molecule has 2 fully saturated rings. The van der Waals surface area contributed by atoms with E-state index in [2.05, 4.69) is 9.80 Å². The molecule has 0 spiro atoms. The zero-order chi connectivity index (χ0) is 24.3. The van der Waals surface area contributed by atoms with Gasteiger partial charge < -0.3 is 15.2 Å². The summed E-state index contributed by atoms with van der Waals surface area (Å²) in [5, 5.41) is 11.4. The molecule has 0 aliphatic carbocycles. The van der Waals surface area contributed by atoms with Crippen molar-refractivity contribution >= 4 is 34.6 Å². The van der Waals surface area contributed by atoms with Crippen LogP contribution in [0.4, 0.5) is 11.4 Å². The molecule has 34 heavy (non-hydrogen) atoms. The first-order valence-corrected chi connectivity index (χ1v) is 12.4. The highest BCUT2D eigenvalue weighted by atomic mass is 35.5. The maximum atomic E-state index is 10.6. The highest BCUT2D eigenvalue weighted by molar-refractivity contribution is 6.32. The summed E-state index contributed by atoms with van der Waals surface area (Å²) in [6.45, 7) is 7.71. The largest absolute Gasteiger partial charge is 0.491 e. The number of non-ortho nitro benzene ring substituents is 1. The Bertz CT molecular complexity index is 935. The lowest BCUT2D eigenvalue weighted by Crippen LogP contribution is -2.25. The Labute approximate surface area is 210 Å². The molecule has 2 heterocycles. The van der Waals surface area contributed by atoms with Crippen molar-refractivity contribution in [2.45, 2.75) is 25.7 Å². The van der Waals surface area contributed by atoms with Gasteiger partial charge in [-0.05, 0) is 76.1 Å². The van der Waals surface area contributed by atoms with Crippen LogP contribution >= 0.6 is 23.2 Å². The van der Waals surface area contributed by atoms with Crippen molar-refractivity contribution in [3.8, 4) is 11.5 Å². The van der Waals surface area contributed by atoms with Crippen LogP contribution in [-0.4, -0.2) is 67.2 Å². The fourth-order valence-corrected chi connectivity index (χ4v) is 4.41. The molecule has 186 valence electrons. The molecule has 0 atom stereocenters. The van der Waals surface area contributed by atoms with E-state index in [4.69, 9.17) is 38.4 Å². The fraction of sp³-hybridized carbons (Fsp3) is 0.500. The lowest BCUT2D eigenvalue weighted by atomic mass is 10.3. The number of halogens is 2. The summed E-state index contributed by atoms with van der Waals surface area (Å²) < 4.78 is 11.2. The molecule has 4 rings (SSSR count). The van der Waals surface area contributed by atoms with Crippen LogP contribution in [0.1, 0.15) is 25.7 Å². The van der Waals surface area contributed by atoms with E-state index in [-0.39, 0.29) is 10.7 Å². The van der Waals surface area contributed by atoms with Crippen molar-refractivity contribution in [3.63, 3.8) is 0 Å². The number of rotatable bonds is 9. The van der Waals surface area contributed by atoms with Gasteiger partial charge in [-0.15, -0.1) is 0 Å². The summed E-state index contributed by atoms with van der Waals surface area (Å²) in [7, 11) is 0. The van der Waals surface area contributed by atoms with Gasteiger partial charge in [-0.2, -0.15) is 0 Å². The number of hydrogen-bond donors (Lipinski definition) is 1. The Kier molecular flexibility index (Phi) is 10.5. The Balaban J connectivity index is 0.000000192. The van der Waals surface area contributed by atoms with Gasteiger partial charge in [0.2, 0.25) is 0 Å². The lowest BCUT2D eigenvalue weighted by Gasteiger charge is -2.15. The highest BCUT2D eigenvalue weighted by Gasteiger charge is 2.13. The van der Waals surface area contributed by atoms with Crippen LogP contribution in [-0.2, 0) is 0 Å². The summed E-state index contributed by atoms with van der Waals surface area (Å²) >= 11 is 11.9. The first kappa shape index (κ1) is 26.3. The Hall–Kier alpha value is -2.26. The maximum Gasteiger partial charge on any atom is 0.271 e. The zero-order valence-corrected chi connectivity index (χ0v) is 20.8. The number of anilines is 1. The van der Waals surface area contributed by atoms with Crippen molar-refractivity contribution in [1.29, 1.82) is 0 Å². The standard InChI is InChI=1S/C12H15ClN2O3.C12H17ClN2O/c13-11-9-10(15(16)17)3-4-12(11)18-8-7-14-5-1-2-6-14;13-11-9-10(14)3-4-12(11)16-8-7-15-5-1-2-6-15/h3-4,9H,1-2,5-8H2;3-4,9H,1-2,5-8,14H2. The highest BCUT2D eigenvalue weighted by Crippen LogP contribution is 2.29. The number of nitrogens with two attached hydrogens (primary N) is 1. The van der Waals surface area contributed by atoms with Crippen LogP contribution in [0.3, 0.4) is 0 Å². The monoisotopic (exact) mass is 510 g/mol. The third-order valence-electron chi connectivity index (χ3n) is 5.81. The van der Waals surface area contributed by atoms with Crippen LogP contribution in [0.25, 0.3) is 0 Å². The van der Waals surface area contributed by atoms with Crippen LogP contribution in [0.2, 0.25) is 10.0 Å². The van der Waals surface area contributed by atoms with Gasteiger partial charge in [0.25, 0.3) is 5.69 Å². The van der Waals surface area contributed by atoms with Crippen molar-refractivity contribution in [1.82, 2.24) is 9.80 Å². The third-order valence-corrected chi connectivity index (χ3v) is 6.40. The number of ether oxygens (including phenoxy) is 2.